The number of carbonyl (C=O) groups excluding carboxylic acids is 1. The van der Waals surface area contributed by atoms with Gasteiger partial charge in [-0.25, -0.2) is 13.6 Å². The fraction of sp³-hybridized carbons (Fsp3) is 0.350. The zero-order chi connectivity index (χ0) is 21.9. The number of rotatable bonds is 5. The van der Waals surface area contributed by atoms with Crippen molar-refractivity contribution in [3.63, 3.8) is 0 Å². The van der Waals surface area contributed by atoms with Gasteiger partial charge in [0.2, 0.25) is 15.9 Å². The number of alkyl halides is 3. The first-order valence-electron chi connectivity index (χ1n) is 9.34. The summed E-state index contributed by atoms with van der Waals surface area (Å²) in [5, 5.41) is 7.83. The van der Waals surface area contributed by atoms with Crippen molar-refractivity contribution >= 4 is 21.6 Å². The maximum Gasteiger partial charge on any atom is 0.416 e. The molecule has 1 amide bonds. The Labute approximate surface area is 172 Å². The highest BCUT2D eigenvalue weighted by Gasteiger charge is 2.30. The number of primary sulfonamides is 1. The molecule has 1 saturated heterocycles. The molecule has 10 heteroatoms. The monoisotopic (exact) mass is 441 g/mol. The third-order valence-electron chi connectivity index (χ3n) is 5.10. The van der Waals surface area contributed by atoms with Crippen LogP contribution in [0.5, 0.6) is 0 Å². The maximum atomic E-state index is 12.6. The van der Waals surface area contributed by atoms with Crippen molar-refractivity contribution in [1.82, 2.24) is 4.90 Å². The molecule has 3 N–H and O–H groups in total. The second-order valence-corrected chi connectivity index (χ2v) is 8.87. The highest BCUT2D eigenvalue weighted by atomic mass is 32.2. The van der Waals surface area contributed by atoms with Gasteiger partial charge in [0.1, 0.15) is 0 Å². The Morgan fingerprint density at radius 2 is 1.60 bits per heavy atom. The number of piperidine rings is 1. The number of sulfonamides is 1. The molecular weight excluding hydrogens is 419 g/mol. The lowest BCUT2D eigenvalue weighted by Crippen LogP contribution is -2.37. The lowest BCUT2D eigenvalue weighted by atomic mass is 9.95. The molecule has 162 valence electrons. The molecule has 0 aromatic heterocycles. The molecule has 1 heterocycles. The van der Waals surface area contributed by atoms with Crippen LogP contribution in [0.1, 0.15) is 24.0 Å². The molecule has 0 bridgehead atoms. The van der Waals surface area contributed by atoms with Gasteiger partial charge in [0.15, 0.2) is 0 Å². The van der Waals surface area contributed by atoms with Gasteiger partial charge in [-0.3, -0.25) is 9.69 Å². The molecule has 1 fully saturated rings. The molecule has 1 aliphatic rings. The van der Waals surface area contributed by atoms with Gasteiger partial charge < -0.3 is 5.32 Å². The third kappa shape index (κ3) is 5.80. The average Bonchev–Trinajstić information content (AvgIpc) is 2.68. The van der Waals surface area contributed by atoms with E-state index in [9.17, 15) is 26.4 Å². The minimum atomic E-state index is -4.34. The van der Waals surface area contributed by atoms with Gasteiger partial charge in [-0.15, -0.1) is 0 Å². The van der Waals surface area contributed by atoms with E-state index in [-0.39, 0.29) is 16.7 Å². The van der Waals surface area contributed by atoms with E-state index in [0.717, 1.165) is 17.7 Å². The van der Waals surface area contributed by atoms with Crippen LogP contribution in [0.3, 0.4) is 0 Å². The quantitative estimate of drug-likeness (QED) is 0.745. The van der Waals surface area contributed by atoms with Crippen LogP contribution in [0.15, 0.2) is 53.4 Å². The van der Waals surface area contributed by atoms with Crippen LogP contribution in [0.25, 0.3) is 0 Å². The fourth-order valence-electron chi connectivity index (χ4n) is 3.38. The van der Waals surface area contributed by atoms with Crippen molar-refractivity contribution in [3.8, 4) is 0 Å². The largest absolute Gasteiger partial charge is 0.416 e. The lowest BCUT2D eigenvalue weighted by molar-refractivity contribution is -0.137. The molecule has 0 atom stereocenters. The predicted octanol–water partition coefficient (Wildman–Crippen LogP) is 3.20. The van der Waals surface area contributed by atoms with Crippen molar-refractivity contribution in [1.29, 1.82) is 0 Å². The molecule has 0 spiro atoms. The Kier molecular flexibility index (Phi) is 6.49. The predicted molar refractivity (Wildman–Crippen MR) is 106 cm³/mol. The van der Waals surface area contributed by atoms with Gasteiger partial charge >= 0.3 is 6.18 Å². The van der Waals surface area contributed by atoms with Gasteiger partial charge in [-0.2, -0.15) is 13.2 Å². The second-order valence-electron chi connectivity index (χ2n) is 7.30. The Bertz CT molecular complexity index is 983. The van der Waals surface area contributed by atoms with Crippen LogP contribution in [0, 0.1) is 5.92 Å². The SMILES string of the molecule is NS(=O)(=O)c1ccc(NC(=O)C2CCN(Cc3ccc(C(F)(F)F)cc3)CC2)cc1. The van der Waals surface area contributed by atoms with Crippen LogP contribution in [-0.2, 0) is 27.5 Å². The van der Waals surface area contributed by atoms with E-state index in [2.05, 4.69) is 10.2 Å². The summed E-state index contributed by atoms with van der Waals surface area (Å²) in [6.07, 6.45) is -3.09. The summed E-state index contributed by atoms with van der Waals surface area (Å²) in [7, 11) is -3.78. The average molecular weight is 441 g/mol. The Hall–Kier alpha value is -2.43. The molecule has 30 heavy (non-hydrogen) atoms. The molecule has 0 saturated carbocycles. The van der Waals surface area contributed by atoms with Gasteiger partial charge in [0.25, 0.3) is 0 Å². The topological polar surface area (TPSA) is 92.5 Å². The molecule has 2 aromatic rings. The Morgan fingerprint density at radius 3 is 2.10 bits per heavy atom. The second kappa shape index (κ2) is 8.75. The van der Waals surface area contributed by atoms with Crippen molar-refractivity contribution in [2.24, 2.45) is 11.1 Å². The van der Waals surface area contributed by atoms with Crippen molar-refractivity contribution in [3.05, 3.63) is 59.7 Å². The number of hydrogen-bond acceptors (Lipinski definition) is 4. The van der Waals surface area contributed by atoms with Crippen LogP contribution < -0.4 is 10.5 Å². The summed E-state index contributed by atoms with van der Waals surface area (Å²) >= 11 is 0. The van der Waals surface area contributed by atoms with Crippen molar-refractivity contribution < 1.29 is 26.4 Å². The molecule has 0 unspecified atom stereocenters. The molecule has 3 rings (SSSR count). The molecule has 1 aliphatic heterocycles. The van der Waals surface area contributed by atoms with E-state index in [1.165, 1.54) is 36.4 Å². The number of likely N-dealkylation sites (tertiary alicyclic amines) is 1. The van der Waals surface area contributed by atoms with Gasteiger partial charge in [-0.1, -0.05) is 12.1 Å². The van der Waals surface area contributed by atoms with Gasteiger partial charge in [-0.05, 0) is 67.9 Å². The van der Waals surface area contributed by atoms with Crippen LogP contribution in [0.4, 0.5) is 18.9 Å². The van der Waals surface area contributed by atoms with Gasteiger partial charge in [0, 0.05) is 18.2 Å². The maximum absolute atomic E-state index is 12.6. The summed E-state index contributed by atoms with van der Waals surface area (Å²) in [4.78, 5) is 14.5. The number of halogens is 3. The summed E-state index contributed by atoms with van der Waals surface area (Å²) < 4.78 is 60.5. The van der Waals surface area contributed by atoms with Crippen LogP contribution in [0.2, 0.25) is 0 Å². The molecule has 6 nitrogen and oxygen atoms in total. The lowest BCUT2D eigenvalue weighted by Gasteiger charge is -2.31. The summed E-state index contributed by atoms with van der Waals surface area (Å²) in [6.45, 7) is 1.84. The summed E-state index contributed by atoms with van der Waals surface area (Å²) in [6, 6.07) is 10.7. The Balaban J connectivity index is 1.49. The summed E-state index contributed by atoms with van der Waals surface area (Å²) in [5.74, 6) is -0.334. The number of benzene rings is 2. The molecular formula is C20H22F3N3O3S. The minimum absolute atomic E-state index is 0.0305. The number of nitrogens with zero attached hydrogens (tertiary/aromatic N) is 1. The smallest absolute Gasteiger partial charge is 0.326 e. The fourth-order valence-corrected chi connectivity index (χ4v) is 3.90. The normalized spacial score (nSPS) is 16.4. The Morgan fingerprint density at radius 1 is 1.03 bits per heavy atom. The standard InChI is InChI=1S/C20H22F3N3O3S/c21-20(22,23)16-3-1-14(2-4-16)13-26-11-9-15(10-12-26)19(27)25-17-5-7-18(8-6-17)30(24,28)29/h1-8,15H,9-13H2,(H,25,27)(H2,24,28,29). The van der Waals surface area contributed by atoms with E-state index in [4.69, 9.17) is 5.14 Å². The van der Waals surface area contributed by atoms with E-state index >= 15 is 0 Å². The first kappa shape index (κ1) is 22.3. The van der Waals surface area contributed by atoms with E-state index < -0.39 is 21.8 Å². The van der Waals surface area contributed by atoms with Crippen molar-refractivity contribution in [2.75, 3.05) is 18.4 Å². The number of nitrogens with one attached hydrogen (secondary N) is 1. The number of nitrogens with two attached hydrogens (primary N) is 1. The first-order chi connectivity index (χ1) is 14.0. The number of anilines is 1. The number of hydrogen-bond donors (Lipinski definition) is 2. The molecule has 0 aliphatic carbocycles. The van der Waals surface area contributed by atoms with Gasteiger partial charge in [0.05, 0.1) is 10.5 Å². The minimum Gasteiger partial charge on any atom is -0.326 e. The van der Waals surface area contributed by atoms with E-state index in [1.54, 1.807) is 0 Å². The van der Waals surface area contributed by atoms with Crippen molar-refractivity contribution in [2.45, 2.75) is 30.5 Å². The zero-order valence-corrected chi connectivity index (χ0v) is 16.8. The molecule has 2 aromatic carbocycles. The van der Waals surface area contributed by atoms with Crippen LogP contribution in [-0.4, -0.2) is 32.3 Å². The van der Waals surface area contributed by atoms with Crippen LogP contribution >= 0.6 is 0 Å². The summed E-state index contributed by atoms with van der Waals surface area (Å²) in [5.41, 5.74) is 0.610. The highest BCUT2D eigenvalue weighted by molar-refractivity contribution is 7.89. The van der Waals surface area contributed by atoms with E-state index in [1.807, 2.05) is 0 Å². The zero-order valence-electron chi connectivity index (χ0n) is 16.0. The number of carbonyl (C=O) groups is 1. The van der Waals surface area contributed by atoms with E-state index in [0.29, 0.717) is 38.2 Å². The highest BCUT2D eigenvalue weighted by Crippen LogP contribution is 2.29. The first-order valence-corrected chi connectivity index (χ1v) is 10.9. The third-order valence-corrected chi connectivity index (χ3v) is 6.03. The number of amides is 1. The molecule has 0 radical (unpaired) electrons.